The van der Waals surface area contributed by atoms with Crippen LogP contribution in [0.4, 0.5) is 0 Å². The number of hydrogen-bond donors (Lipinski definition) is 0. The molecule has 1 aliphatic carbocycles. The third kappa shape index (κ3) is 1.03. The van der Waals surface area contributed by atoms with Crippen LogP contribution >= 0.6 is 0 Å². The molecule has 0 bridgehead atoms. The summed E-state index contributed by atoms with van der Waals surface area (Å²) in [6.07, 6.45) is 1.25. The van der Waals surface area contributed by atoms with E-state index < -0.39 is 0 Å². The van der Waals surface area contributed by atoms with E-state index >= 15 is 0 Å². The fourth-order valence-corrected chi connectivity index (χ4v) is 1.65. The zero-order valence-corrected chi connectivity index (χ0v) is 6.65. The van der Waals surface area contributed by atoms with Gasteiger partial charge in [-0.25, -0.2) is 0 Å². The molecule has 0 radical (unpaired) electrons. The normalized spacial score (nSPS) is 43.9. The molecule has 1 rings (SSSR count). The van der Waals surface area contributed by atoms with E-state index in [-0.39, 0.29) is 0 Å². The molecule has 0 spiro atoms. The second kappa shape index (κ2) is 2.17. The fourth-order valence-electron chi connectivity index (χ4n) is 1.65. The van der Waals surface area contributed by atoms with Gasteiger partial charge in [-0.15, -0.1) is 0 Å². The summed E-state index contributed by atoms with van der Waals surface area (Å²) in [5.74, 6) is 2.49. The van der Waals surface area contributed by atoms with Gasteiger partial charge in [0.2, 0.25) is 0 Å². The molecule has 0 aromatic carbocycles. The molecule has 9 heavy (non-hydrogen) atoms. The first-order valence-electron chi connectivity index (χ1n) is 3.80. The van der Waals surface area contributed by atoms with E-state index in [2.05, 4.69) is 27.4 Å². The highest BCUT2D eigenvalue weighted by Gasteiger charge is 2.28. The van der Waals surface area contributed by atoms with Crippen LogP contribution in [0.15, 0.2) is 12.2 Å². The van der Waals surface area contributed by atoms with Crippen LogP contribution in [0.2, 0.25) is 0 Å². The Morgan fingerprint density at radius 2 is 1.89 bits per heavy atom. The Bertz CT molecular complexity index is 124. The predicted molar refractivity (Wildman–Crippen MR) is 41.2 cm³/mol. The van der Waals surface area contributed by atoms with Gasteiger partial charge in [-0.2, -0.15) is 0 Å². The minimum atomic E-state index is 0.764. The quantitative estimate of drug-likeness (QED) is 0.435. The minimum absolute atomic E-state index is 0.764. The predicted octanol–water partition coefficient (Wildman–Crippen LogP) is 2.85. The lowest BCUT2D eigenvalue weighted by atomic mass is 9.93. The average molecular weight is 124 g/mol. The standard InChI is InChI=1S/C9H16/c1-6-5-7(2)9(4)8(6)3/h7-9H,1,5H2,2-4H3/t7-,8?,9?/m1/s1. The second-order valence-electron chi connectivity index (χ2n) is 3.49. The fraction of sp³-hybridized carbons (Fsp3) is 0.778. The monoisotopic (exact) mass is 124 g/mol. The van der Waals surface area contributed by atoms with Crippen molar-refractivity contribution < 1.29 is 0 Å². The third-order valence-corrected chi connectivity index (χ3v) is 2.91. The van der Waals surface area contributed by atoms with Crippen molar-refractivity contribution in [2.45, 2.75) is 27.2 Å². The van der Waals surface area contributed by atoms with Crippen LogP contribution in [-0.4, -0.2) is 0 Å². The molecule has 0 nitrogen and oxygen atoms in total. The molecule has 52 valence electrons. The summed E-state index contributed by atoms with van der Waals surface area (Å²) < 4.78 is 0. The van der Waals surface area contributed by atoms with Gasteiger partial charge in [0, 0.05) is 0 Å². The molecule has 0 aromatic heterocycles. The van der Waals surface area contributed by atoms with Crippen molar-refractivity contribution in [3.8, 4) is 0 Å². The molecule has 1 aliphatic rings. The zero-order chi connectivity index (χ0) is 7.02. The first kappa shape index (κ1) is 6.85. The van der Waals surface area contributed by atoms with Gasteiger partial charge < -0.3 is 0 Å². The van der Waals surface area contributed by atoms with E-state index in [1.807, 2.05) is 0 Å². The van der Waals surface area contributed by atoms with E-state index in [1.54, 1.807) is 0 Å². The zero-order valence-electron chi connectivity index (χ0n) is 6.65. The summed E-state index contributed by atoms with van der Waals surface area (Å²) in [7, 11) is 0. The Labute approximate surface area is 58.0 Å². The number of rotatable bonds is 0. The van der Waals surface area contributed by atoms with Crippen molar-refractivity contribution in [1.29, 1.82) is 0 Å². The van der Waals surface area contributed by atoms with Crippen molar-refractivity contribution >= 4 is 0 Å². The lowest BCUT2D eigenvalue weighted by molar-refractivity contribution is 0.389. The molecule has 1 saturated carbocycles. The molecule has 3 atom stereocenters. The average Bonchev–Trinajstić information content (AvgIpc) is 1.98. The molecule has 0 amide bonds. The van der Waals surface area contributed by atoms with Gasteiger partial charge in [-0.3, -0.25) is 0 Å². The van der Waals surface area contributed by atoms with E-state index in [1.165, 1.54) is 12.0 Å². The lowest BCUT2D eigenvalue weighted by Crippen LogP contribution is -2.04. The Balaban J connectivity index is 2.65. The van der Waals surface area contributed by atoms with Crippen LogP contribution in [0.25, 0.3) is 0 Å². The molecule has 0 heteroatoms. The van der Waals surface area contributed by atoms with Crippen LogP contribution < -0.4 is 0 Å². The van der Waals surface area contributed by atoms with Crippen LogP contribution in [-0.2, 0) is 0 Å². The Hall–Kier alpha value is -0.260. The maximum Gasteiger partial charge on any atom is -0.0206 e. The van der Waals surface area contributed by atoms with Crippen LogP contribution in [0, 0.1) is 17.8 Å². The van der Waals surface area contributed by atoms with Crippen molar-refractivity contribution in [2.24, 2.45) is 17.8 Å². The lowest BCUT2D eigenvalue weighted by Gasteiger charge is -2.12. The molecule has 0 N–H and O–H groups in total. The highest BCUT2D eigenvalue weighted by Crippen LogP contribution is 2.38. The summed E-state index contributed by atoms with van der Waals surface area (Å²) >= 11 is 0. The molecule has 2 unspecified atom stereocenters. The van der Waals surface area contributed by atoms with E-state index in [0.29, 0.717) is 0 Å². The molecule has 0 heterocycles. The van der Waals surface area contributed by atoms with Crippen LogP contribution in [0.5, 0.6) is 0 Å². The number of allylic oxidation sites excluding steroid dienone is 1. The largest absolute Gasteiger partial charge is 0.0996 e. The topological polar surface area (TPSA) is 0 Å². The van der Waals surface area contributed by atoms with E-state index in [9.17, 15) is 0 Å². The Morgan fingerprint density at radius 1 is 1.33 bits per heavy atom. The smallest absolute Gasteiger partial charge is 0.0206 e. The number of hydrogen-bond acceptors (Lipinski definition) is 0. The van der Waals surface area contributed by atoms with Crippen LogP contribution in [0.1, 0.15) is 27.2 Å². The van der Waals surface area contributed by atoms with Crippen molar-refractivity contribution in [1.82, 2.24) is 0 Å². The van der Waals surface area contributed by atoms with Gasteiger partial charge in [0.25, 0.3) is 0 Å². The van der Waals surface area contributed by atoms with Gasteiger partial charge in [0.1, 0.15) is 0 Å². The first-order valence-corrected chi connectivity index (χ1v) is 3.80. The van der Waals surface area contributed by atoms with Crippen molar-refractivity contribution in [3.05, 3.63) is 12.2 Å². The van der Waals surface area contributed by atoms with Gasteiger partial charge in [-0.1, -0.05) is 32.9 Å². The molecular formula is C9H16. The summed E-state index contributed by atoms with van der Waals surface area (Å²) in [6, 6.07) is 0. The van der Waals surface area contributed by atoms with Crippen molar-refractivity contribution in [3.63, 3.8) is 0 Å². The highest BCUT2D eigenvalue weighted by molar-refractivity contribution is 5.08. The van der Waals surface area contributed by atoms with E-state index in [4.69, 9.17) is 0 Å². The Morgan fingerprint density at radius 3 is 2.00 bits per heavy atom. The van der Waals surface area contributed by atoms with Gasteiger partial charge >= 0.3 is 0 Å². The second-order valence-corrected chi connectivity index (χ2v) is 3.49. The first-order chi connectivity index (χ1) is 4.13. The van der Waals surface area contributed by atoms with Gasteiger partial charge in [-0.05, 0) is 24.2 Å². The summed E-state index contributed by atoms with van der Waals surface area (Å²) in [5.41, 5.74) is 1.45. The molecule has 0 aliphatic heterocycles. The third-order valence-electron chi connectivity index (χ3n) is 2.91. The maximum atomic E-state index is 4.04. The maximum absolute atomic E-state index is 4.04. The molecular weight excluding hydrogens is 108 g/mol. The van der Waals surface area contributed by atoms with Gasteiger partial charge in [0.05, 0.1) is 0 Å². The SMILES string of the molecule is C=C1C[C@@H](C)C(C)C1C. The minimum Gasteiger partial charge on any atom is -0.0996 e. The summed E-state index contributed by atoms with van der Waals surface area (Å²) in [4.78, 5) is 0. The van der Waals surface area contributed by atoms with Gasteiger partial charge in [0.15, 0.2) is 0 Å². The van der Waals surface area contributed by atoms with E-state index in [0.717, 1.165) is 17.8 Å². The molecule has 0 saturated heterocycles. The van der Waals surface area contributed by atoms with Crippen LogP contribution in [0.3, 0.4) is 0 Å². The highest BCUT2D eigenvalue weighted by atomic mass is 14.3. The molecule has 0 aromatic rings. The Kier molecular flexibility index (Phi) is 1.65. The van der Waals surface area contributed by atoms with Crippen molar-refractivity contribution in [2.75, 3.05) is 0 Å². The summed E-state index contributed by atoms with van der Waals surface area (Å²) in [5, 5.41) is 0. The summed E-state index contributed by atoms with van der Waals surface area (Å²) in [6.45, 7) is 11.0. The molecule has 1 fully saturated rings.